The number of rotatable bonds is 17. The van der Waals surface area contributed by atoms with E-state index in [9.17, 15) is 9.59 Å². The van der Waals surface area contributed by atoms with Gasteiger partial charge in [0.25, 0.3) is 11.8 Å². The number of carbonyl (C=O) groups excluding carboxylic acids is 2. The minimum atomic E-state index is -0.235. The Morgan fingerprint density at radius 3 is 1.60 bits per heavy atom. The fourth-order valence-electron chi connectivity index (χ4n) is 4.31. The average Bonchev–Trinajstić information content (AvgIpc) is 2.99. The van der Waals surface area contributed by atoms with Gasteiger partial charge in [0.05, 0.1) is 16.1 Å². The van der Waals surface area contributed by atoms with Crippen LogP contribution in [0.1, 0.15) is 130 Å². The van der Waals surface area contributed by atoms with Gasteiger partial charge < -0.3 is 0 Å². The monoisotopic (exact) mass is 433 g/mol. The summed E-state index contributed by atoms with van der Waals surface area (Å²) < 4.78 is 0. The van der Waals surface area contributed by atoms with E-state index >= 15 is 0 Å². The number of hydrogen-bond acceptors (Lipinski definition) is 2. The molecule has 1 heterocycles. The second kappa shape index (κ2) is 14.6. The largest absolute Gasteiger partial charge is 0.274 e. The van der Waals surface area contributed by atoms with E-state index in [1.807, 2.05) is 0 Å². The number of hydrogen-bond donors (Lipinski definition) is 0. The third-order valence-corrected chi connectivity index (χ3v) is 6.50. The predicted octanol–water partition coefficient (Wildman–Crippen LogP) is 8.20. The van der Waals surface area contributed by atoms with Crippen LogP contribution in [0, 0.1) is 0 Å². The Bertz CT molecular complexity index is 658. The van der Waals surface area contributed by atoms with Crippen molar-refractivity contribution >= 4 is 23.4 Å². The standard InChI is InChI=1S/C26H40ClNO2/c1-2-3-4-5-6-7-8-9-10-11-12-13-14-15-16-17-21-28-25(29)22-19-18-20-23(27)24(22)26(28)30/h18-20H,2-17,21H2,1H3. The van der Waals surface area contributed by atoms with Crippen LogP contribution in [0.5, 0.6) is 0 Å². The predicted molar refractivity (Wildman–Crippen MR) is 126 cm³/mol. The molecule has 2 amide bonds. The van der Waals surface area contributed by atoms with Crippen LogP contribution in [-0.4, -0.2) is 23.3 Å². The van der Waals surface area contributed by atoms with E-state index in [1.54, 1.807) is 18.2 Å². The molecule has 0 unspecified atom stereocenters. The van der Waals surface area contributed by atoms with Crippen LogP contribution in [0.2, 0.25) is 5.02 Å². The highest BCUT2D eigenvalue weighted by atomic mass is 35.5. The van der Waals surface area contributed by atoms with Gasteiger partial charge in [0.15, 0.2) is 0 Å². The first-order valence-corrected chi connectivity index (χ1v) is 12.7. The smallest absolute Gasteiger partial charge is 0.263 e. The van der Waals surface area contributed by atoms with Crippen LogP contribution in [0.25, 0.3) is 0 Å². The Balaban J connectivity index is 1.41. The minimum Gasteiger partial charge on any atom is -0.274 e. The molecular weight excluding hydrogens is 394 g/mol. The van der Waals surface area contributed by atoms with Crippen molar-refractivity contribution in [1.29, 1.82) is 0 Å². The fraction of sp³-hybridized carbons (Fsp3) is 0.692. The first kappa shape index (κ1) is 24.9. The summed E-state index contributed by atoms with van der Waals surface area (Å²) in [4.78, 5) is 26.2. The lowest BCUT2D eigenvalue weighted by Gasteiger charge is -2.13. The molecule has 0 saturated heterocycles. The Morgan fingerprint density at radius 2 is 1.13 bits per heavy atom. The van der Waals surface area contributed by atoms with Crippen molar-refractivity contribution in [3.8, 4) is 0 Å². The molecule has 0 spiro atoms. The number of halogens is 1. The van der Waals surface area contributed by atoms with Crippen LogP contribution < -0.4 is 0 Å². The zero-order valence-corrected chi connectivity index (χ0v) is 19.7. The van der Waals surface area contributed by atoms with Crippen molar-refractivity contribution < 1.29 is 9.59 Å². The Morgan fingerprint density at radius 1 is 0.667 bits per heavy atom. The number of nitrogens with zero attached hydrogens (tertiary/aromatic N) is 1. The molecule has 1 aliphatic rings. The van der Waals surface area contributed by atoms with E-state index in [2.05, 4.69) is 6.92 Å². The van der Waals surface area contributed by atoms with Gasteiger partial charge >= 0.3 is 0 Å². The maximum atomic E-state index is 12.4. The maximum absolute atomic E-state index is 12.4. The number of amides is 2. The molecule has 2 rings (SSSR count). The van der Waals surface area contributed by atoms with E-state index in [4.69, 9.17) is 11.6 Å². The molecule has 1 aromatic rings. The summed E-state index contributed by atoms with van der Waals surface area (Å²) >= 11 is 6.10. The van der Waals surface area contributed by atoms with Crippen LogP contribution in [0.4, 0.5) is 0 Å². The Kier molecular flexibility index (Phi) is 12.1. The van der Waals surface area contributed by atoms with Gasteiger partial charge in [0, 0.05) is 6.54 Å². The van der Waals surface area contributed by atoms with E-state index in [0.717, 1.165) is 12.8 Å². The van der Waals surface area contributed by atoms with E-state index in [0.29, 0.717) is 22.7 Å². The van der Waals surface area contributed by atoms with Crippen molar-refractivity contribution in [1.82, 2.24) is 4.90 Å². The number of imide groups is 1. The van der Waals surface area contributed by atoms with Gasteiger partial charge in [0.1, 0.15) is 0 Å². The number of carbonyl (C=O) groups is 2. The quantitative estimate of drug-likeness (QED) is 0.183. The van der Waals surface area contributed by atoms with E-state index < -0.39 is 0 Å². The molecule has 0 N–H and O–H groups in total. The minimum absolute atomic E-state index is 0.196. The van der Waals surface area contributed by atoms with E-state index in [1.165, 1.54) is 94.8 Å². The van der Waals surface area contributed by atoms with Crippen LogP contribution in [0.3, 0.4) is 0 Å². The van der Waals surface area contributed by atoms with Crippen LogP contribution in [0.15, 0.2) is 18.2 Å². The zero-order valence-electron chi connectivity index (χ0n) is 18.9. The fourth-order valence-corrected chi connectivity index (χ4v) is 4.57. The molecule has 1 aromatic carbocycles. The molecule has 168 valence electrons. The summed E-state index contributed by atoms with van der Waals surface area (Å²) in [7, 11) is 0. The zero-order chi connectivity index (χ0) is 21.6. The van der Waals surface area contributed by atoms with Gasteiger partial charge in [0.2, 0.25) is 0 Å². The second-order valence-electron chi connectivity index (χ2n) is 8.73. The Labute approximate surface area is 188 Å². The summed E-state index contributed by atoms with van der Waals surface area (Å²) in [6.07, 6.45) is 21.0. The molecule has 3 nitrogen and oxygen atoms in total. The van der Waals surface area contributed by atoms with Crippen molar-refractivity contribution in [2.45, 2.75) is 110 Å². The topological polar surface area (TPSA) is 37.4 Å². The van der Waals surface area contributed by atoms with Gasteiger partial charge in [-0.2, -0.15) is 0 Å². The summed E-state index contributed by atoms with van der Waals surface area (Å²) in [5, 5.41) is 0.375. The molecule has 0 radical (unpaired) electrons. The third kappa shape index (κ3) is 8.06. The molecule has 4 heteroatoms. The normalized spacial score (nSPS) is 13.3. The van der Waals surface area contributed by atoms with Crippen molar-refractivity contribution in [2.75, 3.05) is 6.54 Å². The van der Waals surface area contributed by atoms with Crippen molar-refractivity contribution in [3.05, 3.63) is 34.3 Å². The molecular formula is C26H40ClNO2. The molecule has 0 bridgehead atoms. The SMILES string of the molecule is CCCCCCCCCCCCCCCCCCN1C(=O)c2cccc(Cl)c2C1=O. The lowest BCUT2D eigenvalue weighted by atomic mass is 10.0. The molecule has 0 saturated carbocycles. The van der Waals surface area contributed by atoms with Crippen molar-refractivity contribution in [3.63, 3.8) is 0 Å². The maximum Gasteiger partial charge on any atom is 0.263 e. The first-order valence-electron chi connectivity index (χ1n) is 12.3. The average molecular weight is 434 g/mol. The summed E-state index contributed by atoms with van der Waals surface area (Å²) in [6, 6.07) is 5.09. The Hall–Kier alpha value is -1.35. The molecule has 0 fully saturated rings. The summed E-state index contributed by atoms with van der Waals surface area (Å²) in [5.74, 6) is -0.431. The highest BCUT2D eigenvalue weighted by Gasteiger charge is 2.36. The van der Waals surface area contributed by atoms with Crippen LogP contribution >= 0.6 is 11.6 Å². The van der Waals surface area contributed by atoms with Gasteiger partial charge in [-0.05, 0) is 18.6 Å². The van der Waals surface area contributed by atoms with E-state index in [-0.39, 0.29) is 11.8 Å². The lowest BCUT2D eigenvalue weighted by molar-refractivity contribution is 0.0651. The number of fused-ring (bicyclic) bond motifs is 1. The van der Waals surface area contributed by atoms with Crippen molar-refractivity contribution in [2.24, 2.45) is 0 Å². The van der Waals surface area contributed by atoms with Crippen LogP contribution in [-0.2, 0) is 0 Å². The van der Waals surface area contributed by atoms with Gasteiger partial charge in [-0.3, -0.25) is 14.5 Å². The first-order chi connectivity index (χ1) is 14.7. The second-order valence-corrected chi connectivity index (χ2v) is 9.13. The summed E-state index contributed by atoms with van der Waals surface area (Å²) in [5.41, 5.74) is 0.824. The number of unbranched alkanes of at least 4 members (excludes halogenated alkanes) is 15. The number of benzene rings is 1. The van der Waals surface area contributed by atoms with Gasteiger partial charge in [-0.25, -0.2) is 0 Å². The molecule has 30 heavy (non-hydrogen) atoms. The molecule has 0 atom stereocenters. The highest BCUT2D eigenvalue weighted by molar-refractivity contribution is 6.37. The summed E-state index contributed by atoms with van der Waals surface area (Å²) in [6.45, 7) is 2.77. The highest BCUT2D eigenvalue weighted by Crippen LogP contribution is 2.29. The molecule has 0 aliphatic carbocycles. The van der Waals surface area contributed by atoms with Gasteiger partial charge in [-0.1, -0.05) is 121 Å². The van der Waals surface area contributed by atoms with Gasteiger partial charge in [-0.15, -0.1) is 0 Å². The third-order valence-electron chi connectivity index (χ3n) is 6.18. The lowest BCUT2D eigenvalue weighted by Crippen LogP contribution is -2.30. The molecule has 0 aromatic heterocycles. The molecule has 1 aliphatic heterocycles.